The zero-order valence-corrected chi connectivity index (χ0v) is 12.0. The van der Waals surface area contributed by atoms with Gasteiger partial charge in [0.2, 0.25) is 5.09 Å². The van der Waals surface area contributed by atoms with E-state index in [-0.39, 0.29) is 10.9 Å². The third kappa shape index (κ3) is 2.58. The van der Waals surface area contributed by atoms with E-state index in [2.05, 4.69) is 20.2 Å². The highest BCUT2D eigenvalue weighted by molar-refractivity contribution is 7.89. The van der Waals surface area contributed by atoms with Crippen LogP contribution < -0.4 is 10.0 Å². The molecule has 2 heterocycles. The number of rotatable bonds is 4. The Kier molecular flexibility index (Phi) is 3.64. The highest BCUT2D eigenvalue weighted by Crippen LogP contribution is 2.19. The zero-order chi connectivity index (χ0) is 14.9. The first-order chi connectivity index (χ1) is 9.35. The molecule has 2 aromatic rings. The molecule has 0 fully saturated rings. The first-order valence-electron chi connectivity index (χ1n) is 5.71. The van der Waals surface area contributed by atoms with Crippen molar-refractivity contribution in [2.24, 2.45) is 0 Å². The Balaban J connectivity index is 2.23. The number of carbonyl (C=O) groups is 1. The van der Waals surface area contributed by atoms with E-state index in [1.54, 1.807) is 13.8 Å². The molecule has 8 nitrogen and oxygen atoms in total. The lowest BCUT2D eigenvalue weighted by atomic mass is 10.3. The molecule has 2 rings (SSSR count). The molecule has 0 saturated heterocycles. The number of amides is 1. The van der Waals surface area contributed by atoms with Gasteiger partial charge in [-0.2, -0.15) is 5.10 Å². The lowest BCUT2D eigenvalue weighted by Crippen LogP contribution is -2.18. The Labute approximate surface area is 115 Å². The number of anilines is 1. The summed E-state index contributed by atoms with van der Waals surface area (Å²) in [7, 11) is -2.44. The number of sulfonamides is 1. The fraction of sp³-hybridized carbons (Fsp3) is 0.273. The van der Waals surface area contributed by atoms with Crippen molar-refractivity contribution < 1.29 is 17.6 Å². The van der Waals surface area contributed by atoms with Crippen LogP contribution in [0.3, 0.4) is 0 Å². The van der Waals surface area contributed by atoms with Crippen LogP contribution in [-0.2, 0) is 10.0 Å². The second-order valence-electron chi connectivity index (χ2n) is 4.09. The number of hydrogen-bond donors (Lipinski definition) is 3. The number of aromatic nitrogens is 2. The van der Waals surface area contributed by atoms with E-state index in [1.807, 2.05) is 0 Å². The molecule has 0 aliphatic rings. The Morgan fingerprint density at radius 1 is 1.35 bits per heavy atom. The molecular weight excluding hydrogens is 284 g/mol. The van der Waals surface area contributed by atoms with Crippen LogP contribution >= 0.6 is 0 Å². The van der Waals surface area contributed by atoms with Crippen molar-refractivity contribution in [1.29, 1.82) is 0 Å². The van der Waals surface area contributed by atoms with Crippen molar-refractivity contribution >= 4 is 21.6 Å². The van der Waals surface area contributed by atoms with Gasteiger partial charge in [0.25, 0.3) is 15.9 Å². The second-order valence-corrected chi connectivity index (χ2v) is 5.91. The molecule has 1 amide bonds. The fourth-order valence-corrected chi connectivity index (χ4v) is 2.25. The summed E-state index contributed by atoms with van der Waals surface area (Å²) in [6.45, 7) is 3.49. The maximum Gasteiger partial charge on any atom is 0.291 e. The molecule has 9 heteroatoms. The molecule has 108 valence electrons. The maximum atomic E-state index is 12.0. The van der Waals surface area contributed by atoms with Gasteiger partial charge in [0.05, 0.1) is 17.1 Å². The highest BCUT2D eigenvalue weighted by atomic mass is 32.2. The van der Waals surface area contributed by atoms with Crippen LogP contribution in [0.4, 0.5) is 5.69 Å². The van der Waals surface area contributed by atoms with E-state index in [4.69, 9.17) is 4.42 Å². The summed E-state index contributed by atoms with van der Waals surface area (Å²) >= 11 is 0. The Morgan fingerprint density at radius 3 is 2.60 bits per heavy atom. The molecule has 0 bridgehead atoms. The molecule has 20 heavy (non-hydrogen) atoms. The van der Waals surface area contributed by atoms with Crippen LogP contribution in [0.2, 0.25) is 0 Å². The summed E-state index contributed by atoms with van der Waals surface area (Å²) < 4.78 is 30.2. The lowest BCUT2D eigenvalue weighted by Gasteiger charge is -2.02. The van der Waals surface area contributed by atoms with E-state index in [0.29, 0.717) is 17.1 Å². The van der Waals surface area contributed by atoms with Crippen LogP contribution in [0.15, 0.2) is 21.6 Å². The van der Waals surface area contributed by atoms with Crippen molar-refractivity contribution in [3.05, 3.63) is 29.3 Å². The third-order valence-electron chi connectivity index (χ3n) is 2.71. The molecule has 0 aromatic carbocycles. The normalized spacial score (nSPS) is 11.6. The largest absolute Gasteiger partial charge is 0.438 e. The first kappa shape index (κ1) is 14.3. The van der Waals surface area contributed by atoms with Crippen molar-refractivity contribution in [2.75, 3.05) is 12.4 Å². The molecule has 0 unspecified atom stereocenters. The minimum absolute atomic E-state index is 0.0983. The minimum atomic E-state index is -3.70. The van der Waals surface area contributed by atoms with E-state index in [0.717, 1.165) is 0 Å². The maximum absolute atomic E-state index is 12.0. The summed E-state index contributed by atoms with van der Waals surface area (Å²) in [5.41, 5.74) is 1.88. The van der Waals surface area contributed by atoms with E-state index >= 15 is 0 Å². The second kappa shape index (κ2) is 5.10. The summed E-state index contributed by atoms with van der Waals surface area (Å²) in [5.74, 6) is -0.644. The van der Waals surface area contributed by atoms with Gasteiger partial charge in [-0.25, -0.2) is 13.1 Å². The highest BCUT2D eigenvalue weighted by Gasteiger charge is 2.20. The molecular formula is C11H14N4O4S. The quantitative estimate of drug-likeness (QED) is 0.771. The van der Waals surface area contributed by atoms with E-state index < -0.39 is 15.9 Å². The van der Waals surface area contributed by atoms with Crippen molar-refractivity contribution in [1.82, 2.24) is 14.9 Å². The average Bonchev–Trinajstić information content (AvgIpc) is 3.01. The summed E-state index contributed by atoms with van der Waals surface area (Å²) in [5, 5.41) is 8.98. The smallest absolute Gasteiger partial charge is 0.291 e. The van der Waals surface area contributed by atoms with Crippen molar-refractivity contribution in [3.8, 4) is 0 Å². The number of carbonyl (C=O) groups excluding carboxylic acids is 1. The zero-order valence-electron chi connectivity index (χ0n) is 11.1. The summed E-state index contributed by atoms with van der Waals surface area (Å²) in [4.78, 5) is 12.0. The Bertz CT molecular complexity index is 725. The molecule has 0 atom stereocenters. The van der Waals surface area contributed by atoms with Crippen LogP contribution in [0.5, 0.6) is 0 Å². The predicted octanol–water partition coefficient (Wildman–Crippen LogP) is 0.780. The Hall–Kier alpha value is -2.13. The van der Waals surface area contributed by atoms with Crippen LogP contribution in [-0.4, -0.2) is 31.6 Å². The van der Waals surface area contributed by atoms with Crippen molar-refractivity contribution in [2.45, 2.75) is 18.9 Å². The fourth-order valence-electron chi connectivity index (χ4n) is 1.60. The number of nitrogens with zero attached hydrogens (tertiary/aromatic N) is 1. The van der Waals surface area contributed by atoms with Gasteiger partial charge in [0.1, 0.15) is 0 Å². The molecule has 0 radical (unpaired) electrons. The Morgan fingerprint density at radius 2 is 2.05 bits per heavy atom. The minimum Gasteiger partial charge on any atom is -0.438 e. The lowest BCUT2D eigenvalue weighted by molar-refractivity contribution is 0.0991. The van der Waals surface area contributed by atoms with Gasteiger partial charge in [-0.3, -0.25) is 9.89 Å². The third-order valence-corrected chi connectivity index (χ3v) is 3.99. The van der Waals surface area contributed by atoms with Gasteiger partial charge in [0, 0.05) is 0 Å². The van der Waals surface area contributed by atoms with Crippen LogP contribution in [0, 0.1) is 13.8 Å². The number of aromatic amines is 1. The standard InChI is InChI=1S/C11H14N4O4S/c1-6-10(7(2)15-14-6)13-11(16)8-4-5-9(19-8)20(17,18)12-3/h4-5,12H,1-3H3,(H,13,16)(H,14,15). The molecule has 2 aromatic heterocycles. The van der Waals surface area contributed by atoms with Gasteiger partial charge in [-0.05, 0) is 33.0 Å². The topological polar surface area (TPSA) is 117 Å². The van der Waals surface area contributed by atoms with Gasteiger partial charge in [-0.1, -0.05) is 0 Å². The average molecular weight is 298 g/mol. The van der Waals surface area contributed by atoms with E-state index in [9.17, 15) is 13.2 Å². The number of nitrogens with one attached hydrogen (secondary N) is 3. The molecule has 3 N–H and O–H groups in total. The molecule has 0 saturated carbocycles. The molecule has 0 spiro atoms. The van der Waals surface area contributed by atoms with Crippen LogP contribution in [0.1, 0.15) is 21.9 Å². The molecule has 0 aliphatic heterocycles. The van der Waals surface area contributed by atoms with Gasteiger partial charge in [-0.15, -0.1) is 0 Å². The summed E-state index contributed by atoms with van der Waals surface area (Å²) in [6, 6.07) is 2.51. The van der Waals surface area contributed by atoms with Gasteiger partial charge >= 0.3 is 0 Å². The number of aryl methyl sites for hydroxylation is 2. The number of furan rings is 1. The van der Waals surface area contributed by atoms with Crippen molar-refractivity contribution in [3.63, 3.8) is 0 Å². The van der Waals surface area contributed by atoms with E-state index in [1.165, 1.54) is 19.2 Å². The monoisotopic (exact) mass is 298 g/mol. The molecule has 0 aliphatic carbocycles. The number of H-pyrrole nitrogens is 1. The van der Waals surface area contributed by atoms with Gasteiger partial charge in [0.15, 0.2) is 5.76 Å². The summed E-state index contributed by atoms with van der Waals surface area (Å²) in [6.07, 6.45) is 0. The first-order valence-corrected chi connectivity index (χ1v) is 7.20. The number of hydrogen-bond acceptors (Lipinski definition) is 5. The predicted molar refractivity (Wildman–Crippen MR) is 71.0 cm³/mol. The van der Waals surface area contributed by atoms with Crippen LogP contribution in [0.25, 0.3) is 0 Å². The van der Waals surface area contributed by atoms with Gasteiger partial charge < -0.3 is 9.73 Å². The SMILES string of the molecule is CNS(=O)(=O)c1ccc(C(=O)Nc2c(C)n[nH]c2C)o1.